The molecule has 0 amide bonds. The minimum absolute atomic E-state index is 0.643. The number of unbranched alkanes of at least 4 members (excludes halogenated alkanes) is 14. The Balaban J connectivity index is 2.10. The SMILES string of the molecule is CCCCCCCCCCCCCN1C=CN(CCCCCC)C1CCCC. The van der Waals surface area contributed by atoms with Crippen molar-refractivity contribution in [1.29, 1.82) is 0 Å². The molecule has 2 nitrogen and oxygen atoms in total. The monoisotopic (exact) mass is 392 g/mol. The van der Waals surface area contributed by atoms with Crippen molar-refractivity contribution in [3.05, 3.63) is 12.4 Å². The Hall–Kier alpha value is -0.660. The third kappa shape index (κ3) is 12.0. The summed E-state index contributed by atoms with van der Waals surface area (Å²) in [6.45, 7) is 9.43. The first-order valence-electron chi connectivity index (χ1n) is 13.0. The molecule has 1 aliphatic heterocycles. The van der Waals surface area contributed by atoms with Crippen LogP contribution in [-0.4, -0.2) is 29.1 Å². The average Bonchev–Trinajstić information content (AvgIpc) is 3.09. The molecule has 1 rings (SSSR count). The third-order valence-electron chi connectivity index (χ3n) is 6.32. The fraction of sp³-hybridized carbons (Fsp3) is 0.923. The lowest BCUT2D eigenvalue weighted by Crippen LogP contribution is -2.39. The molecule has 2 heteroatoms. The van der Waals surface area contributed by atoms with Crippen LogP contribution in [0.1, 0.15) is 136 Å². The van der Waals surface area contributed by atoms with Crippen LogP contribution in [-0.2, 0) is 0 Å². The number of hydrogen-bond acceptors (Lipinski definition) is 2. The van der Waals surface area contributed by atoms with Crippen molar-refractivity contribution in [2.45, 2.75) is 143 Å². The summed E-state index contributed by atoms with van der Waals surface area (Å²) in [5, 5.41) is 0. The van der Waals surface area contributed by atoms with Crippen molar-refractivity contribution in [2.75, 3.05) is 13.1 Å². The van der Waals surface area contributed by atoms with Crippen molar-refractivity contribution in [3.63, 3.8) is 0 Å². The average molecular weight is 393 g/mol. The highest BCUT2D eigenvalue weighted by atomic mass is 15.4. The molecule has 0 N–H and O–H groups in total. The maximum absolute atomic E-state index is 2.64. The molecular formula is C26H52N2. The summed E-state index contributed by atoms with van der Waals surface area (Å²) in [7, 11) is 0. The lowest BCUT2D eigenvalue weighted by atomic mass is 10.1. The summed E-state index contributed by atoms with van der Waals surface area (Å²) in [5.74, 6) is 0. The molecule has 0 saturated carbocycles. The predicted molar refractivity (Wildman–Crippen MR) is 126 cm³/mol. The zero-order valence-corrected chi connectivity index (χ0v) is 19.8. The number of hydrogen-bond donors (Lipinski definition) is 0. The van der Waals surface area contributed by atoms with Gasteiger partial charge in [-0.15, -0.1) is 0 Å². The number of nitrogens with zero attached hydrogens (tertiary/aromatic N) is 2. The van der Waals surface area contributed by atoms with Crippen LogP contribution in [0.3, 0.4) is 0 Å². The lowest BCUT2D eigenvalue weighted by molar-refractivity contribution is 0.136. The smallest absolute Gasteiger partial charge is 0.101 e. The standard InChI is InChI=1S/C26H52N2/c1-4-7-10-12-13-14-15-16-17-18-20-23-28-25-24-27(22-19-11-8-5-2)26(28)21-9-6-3/h24-26H,4-23H2,1-3H3. The van der Waals surface area contributed by atoms with Gasteiger partial charge in [-0.3, -0.25) is 0 Å². The maximum atomic E-state index is 2.64. The lowest BCUT2D eigenvalue weighted by Gasteiger charge is -2.33. The molecule has 0 aliphatic carbocycles. The van der Waals surface area contributed by atoms with Gasteiger partial charge in [-0.2, -0.15) is 0 Å². The van der Waals surface area contributed by atoms with Gasteiger partial charge in [-0.05, 0) is 25.7 Å². The maximum Gasteiger partial charge on any atom is 0.101 e. The molecule has 0 bridgehead atoms. The third-order valence-corrected chi connectivity index (χ3v) is 6.32. The van der Waals surface area contributed by atoms with Crippen molar-refractivity contribution >= 4 is 0 Å². The van der Waals surface area contributed by atoms with Crippen LogP contribution in [0.25, 0.3) is 0 Å². The van der Waals surface area contributed by atoms with Gasteiger partial charge in [0.2, 0.25) is 0 Å². The van der Waals surface area contributed by atoms with Gasteiger partial charge in [0, 0.05) is 25.5 Å². The van der Waals surface area contributed by atoms with Crippen LogP contribution in [0.5, 0.6) is 0 Å². The van der Waals surface area contributed by atoms with E-state index in [4.69, 9.17) is 0 Å². The Morgan fingerprint density at radius 2 is 0.821 bits per heavy atom. The summed E-state index contributed by atoms with van der Waals surface area (Å²) in [4.78, 5) is 5.27. The molecule has 0 aromatic rings. The molecule has 1 atom stereocenters. The largest absolute Gasteiger partial charge is 0.356 e. The van der Waals surface area contributed by atoms with Gasteiger partial charge in [0.25, 0.3) is 0 Å². The van der Waals surface area contributed by atoms with Crippen LogP contribution in [0.15, 0.2) is 12.4 Å². The topological polar surface area (TPSA) is 6.48 Å². The zero-order chi connectivity index (χ0) is 20.3. The molecule has 1 aliphatic rings. The predicted octanol–water partition coefficient (Wildman–Crippen LogP) is 8.48. The van der Waals surface area contributed by atoms with E-state index >= 15 is 0 Å². The van der Waals surface area contributed by atoms with Gasteiger partial charge in [-0.25, -0.2) is 0 Å². The Morgan fingerprint density at radius 1 is 0.464 bits per heavy atom. The summed E-state index contributed by atoms with van der Waals surface area (Å²) in [6, 6.07) is 0. The molecule has 0 fully saturated rings. The molecule has 0 spiro atoms. The van der Waals surface area contributed by atoms with Crippen molar-refractivity contribution < 1.29 is 0 Å². The zero-order valence-electron chi connectivity index (χ0n) is 19.8. The highest BCUT2D eigenvalue weighted by molar-refractivity contribution is 4.96. The van der Waals surface area contributed by atoms with Gasteiger partial charge in [-0.1, -0.05) is 111 Å². The van der Waals surface area contributed by atoms with E-state index in [2.05, 4.69) is 43.0 Å². The van der Waals surface area contributed by atoms with Gasteiger partial charge in [0.1, 0.15) is 6.17 Å². The minimum Gasteiger partial charge on any atom is -0.356 e. The molecule has 28 heavy (non-hydrogen) atoms. The fourth-order valence-corrected chi connectivity index (χ4v) is 4.41. The molecule has 166 valence electrons. The Labute approximate surface area is 178 Å². The van der Waals surface area contributed by atoms with Gasteiger partial charge >= 0.3 is 0 Å². The summed E-state index contributed by atoms with van der Waals surface area (Å²) in [6.07, 6.45) is 30.6. The molecule has 0 aromatic carbocycles. The summed E-state index contributed by atoms with van der Waals surface area (Å²) >= 11 is 0. The van der Waals surface area contributed by atoms with Crippen molar-refractivity contribution in [2.24, 2.45) is 0 Å². The van der Waals surface area contributed by atoms with Crippen molar-refractivity contribution in [3.8, 4) is 0 Å². The van der Waals surface area contributed by atoms with Crippen LogP contribution >= 0.6 is 0 Å². The first-order chi connectivity index (χ1) is 13.8. The van der Waals surface area contributed by atoms with E-state index in [0.717, 1.165) is 0 Å². The molecule has 1 heterocycles. The fourth-order valence-electron chi connectivity index (χ4n) is 4.41. The molecule has 1 unspecified atom stereocenters. The second-order valence-electron chi connectivity index (χ2n) is 8.99. The highest BCUT2D eigenvalue weighted by Crippen LogP contribution is 2.23. The highest BCUT2D eigenvalue weighted by Gasteiger charge is 2.24. The van der Waals surface area contributed by atoms with Crippen LogP contribution in [0.4, 0.5) is 0 Å². The Bertz CT molecular complexity index is 352. The molecule has 0 aromatic heterocycles. The van der Waals surface area contributed by atoms with E-state index in [1.54, 1.807) is 0 Å². The summed E-state index contributed by atoms with van der Waals surface area (Å²) in [5.41, 5.74) is 0. The van der Waals surface area contributed by atoms with Crippen LogP contribution in [0, 0.1) is 0 Å². The first kappa shape index (κ1) is 25.4. The summed E-state index contributed by atoms with van der Waals surface area (Å²) < 4.78 is 0. The molecule has 0 radical (unpaired) electrons. The number of rotatable bonds is 20. The molecule has 0 saturated heterocycles. The normalized spacial score (nSPS) is 16.5. The van der Waals surface area contributed by atoms with E-state index in [0.29, 0.717) is 6.17 Å². The van der Waals surface area contributed by atoms with Crippen LogP contribution < -0.4 is 0 Å². The van der Waals surface area contributed by atoms with Gasteiger partial charge < -0.3 is 9.80 Å². The van der Waals surface area contributed by atoms with Crippen LogP contribution in [0.2, 0.25) is 0 Å². The first-order valence-corrected chi connectivity index (χ1v) is 13.0. The van der Waals surface area contributed by atoms with Gasteiger partial charge in [0.05, 0.1) is 0 Å². The van der Waals surface area contributed by atoms with E-state index in [9.17, 15) is 0 Å². The second kappa shape index (κ2) is 18.4. The van der Waals surface area contributed by atoms with E-state index in [1.807, 2.05) is 0 Å². The Morgan fingerprint density at radius 3 is 1.25 bits per heavy atom. The van der Waals surface area contributed by atoms with E-state index in [1.165, 1.54) is 129 Å². The minimum atomic E-state index is 0.643. The van der Waals surface area contributed by atoms with E-state index in [-0.39, 0.29) is 0 Å². The van der Waals surface area contributed by atoms with E-state index < -0.39 is 0 Å². The Kier molecular flexibility index (Phi) is 16.7. The molecular weight excluding hydrogens is 340 g/mol. The van der Waals surface area contributed by atoms with Gasteiger partial charge in [0.15, 0.2) is 0 Å². The van der Waals surface area contributed by atoms with Crippen molar-refractivity contribution in [1.82, 2.24) is 9.80 Å². The quantitative estimate of drug-likeness (QED) is 0.192. The second-order valence-corrected chi connectivity index (χ2v) is 8.99.